The fourth-order valence-electron chi connectivity index (χ4n) is 2.00. The summed E-state index contributed by atoms with van der Waals surface area (Å²) in [6, 6.07) is 14.9. The molecule has 0 aliphatic rings. The van der Waals surface area contributed by atoms with Crippen LogP contribution in [-0.4, -0.2) is 12.3 Å². The molecule has 0 bridgehead atoms. The van der Waals surface area contributed by atoms with E-state index < -0.39 is 0 Å². The van der Waals surface area contributed by atoms with Gasteiger partial charge in [0.15, 0.2) is 0 Å². The Labute approximate surface area is 127 Å². The Morgan fingerprint density at radius 3 is 2.53 bits per heavy atom. The van der Waals surface area contributed by atoms with Crippen LogP contribution in [0.15, 0.2) is 51.8 Å². The highest BCUT2D eigenvalue weighted by molar-refractivity contribution is 9.10. The third-order valence-electron chi connectivity index (χ3n) is 2.85. The Balaban J connectivity index is 1.86. The van der Waals surface area contributed by atoms with Crippen molar-refractivity contribution in [2.75, 3.05) is 17.6 Å². The van der Waals surface area contributed by atoms with Gasteiger partial charge in [-0.1, -0.05) is 24.3 Å². The zero-order valence-corrected chi connectivity index (χ0v) is 13.6. The van der Waals surface area contributed by atoms with E-state index in [-0.39, 0.29) is 0 Å². The first-order valence-electron chi connectivity index (χ1n) is 6.35. The fraction of sp³-hybridized carbons (Fsp3) is 0.250. The molecular weight excluding hydrogens is 318 g/mol. The van der Waals surface area contributed by atoms with E-state index >= 15 is 0 Å². The van der Waals surface area contributed by atoms with Crippen LogP contribution in [0.1, 0.15) is 11.1 Å². The Morgan fingerprint density at radius 2 is 1.84 bits per heavy atom. The lowest BCUT2D eigenvalue weighted by molar-refractivity contribution is 1.20. The molecule has 19 heavy (non-hydrogen) atoms. The molecule has 0 saturated carbocycles. The lowest BCUT2D eigenvalue weighted by Crippen LogP contribution is -2.06. The summed E-state index contributed by atoms with van der Waals surface area (Å²) in [5.41, 5.74) is 3.78. The summed E-state index contributed by atoms with van der Waals surface area (Å²) in [5.74, 6) is 1.06. The molecule has 0 aliphatic heterocycles. The van der Waals surface area contributed by atoms with Gasteiger partial charge in [0.1, 0.15) is 0 Å². The normalized spacial score (nSPS) is 10.5. The summed E-state index contributed by atoms with van der Waals surface area (Å²) in [4.78, 5) is 1.32. The van der Waals surface area contributed by atoms with E-state index in [1.807, 2.05) is 11.8 Å². The van der Waals surface area contributed by atoms with Gasteiger partial charge in [0.05, 0.1) is 5.69 Å². The third kappa shape index (κ3) is 4.29. The summed E-state index contributed by atoms with van der Waals surface area (Å²) in [6.07, 6.45) is 0. The van der Waals surface area contributed by atoms with Gasteiger partial charge in [-0.15, -0.1) is 11.8 Å². The van der Waals surface area contributed by atoms with Crippen molar-refractivity contribution in [3.63, 3.8) is 0 Å². The van der Waals surface area contributed by atoms with Crippen molar-refractivity contribution in [3.8, 4) is 0 Å². The van der Waals surface area contributed by atoms with E-state index in [0.29, 0.717) is 0 Å². The standard InChI is InChI=1S/C16H18BrNS/c1-12-10-13(2)16(15(17)11-12)18-8-9-19-14-6-4-3-5-7-14/h3-7,10-11,18H,8-9H2,1-2H3. The van der Waals surface area contributed by atoms with E-state index in [1.54, 1.807) is 0 Å². The van der Waals surface area contributed by atoms with E-state index in [2.05, 4.69) is 77.6 Å². The molecular formula is C16H18BrNS. The second-order valence-electron chi connectivity index (χ2n) is 4.53. The Kier molecular flexibility index (Phi) is 5.34. The van der Waals surface area contributed by atoms with Gasteiger partial charge >= 0.3 is 0 Å². The minimum absolute atomic E-state index is 0.960. The molecule has 0 heterocycles. The maximum atomic E-state index is 3.63. The number of thioether (sulfide) groups is 1. The zero-order chi connectivity index (χ0) is 13.7. The largest absolute Gasteiger partial charge is 0.383 e. The van der Waals surface area contributed by atoms with Crippen molar-refractivity contribution in [1.29, 1.82) is 0 Å². The summed E-state index contributed by atoms with van der Waals surface area (Å²) >= 11 is 5.50. The maximum absolute atomic E-state index is 3.63. The monoisotopic (exact) mass is 335 g/mol. The van der Waals surface area contributed by atoms with Gasteiger partial charge < -0.3 is 5.32 Å². The molecule has 1 N–H and O–H groups in total. The Hall–Kier alpha value is -0.930. The summed E-state index contributed by atoms with van der Waals surface area (Å²) in [7, 11) is 0. The van der Waals surface area contributed by atoms with E-state index in [4.69, 9.17) is 0 Å². The van der Waals surface area contributed by atoms with Crippen molar-refractivity contribution in [2.24, 2.45) is 0 Å². The zero-order valence-electron chi connectivity index (χ0n) is 11.2. The van der Waals surface area contributed by atoms with Gasteiger partial charge in [-0.2, -0.15) is 0 Å². The van der Waals surface area contributed by atoms with E-state index in [9.17, 15) is 0 Å². The van der Waals surface area contributed by atoms with Crippen molar-refractivity contribution >= 4 is 33.4 Å². The van der Waals surface area contributed by atoms with Crippen LogP contribution in [0.25, 0.3) is 0 Å². The lowest BCUT2D eigenvalue weighted by atomic mass is 10.1. The van der Waals surface area contributed by atoms with Crippen molar-refractivity contribution in [2.45, 2.75) is 18.7 Å². The number of rotatable bonds is 5. The lowest BCUT2D eigenvalue weighted by Gasteiger charge is -2.12. The number of hydrogen-bond acceptors (Lipinski definition) is 2. The van der Waals surface area contributed by atoms with Gasteiger partial charge in [-0.3, -0.25) is 0 Å². The van der Waals surface area contributed by atoms with Crippen molar-refractivity contribution in [1.82, 2.24) is 0 Å². The first-order valence-corrected chi connectivity index (χ1v) is 8.13. The predicted octanol–water partition coefficient (Wildman–Crippen LogP) is 5.27. The molecule has 0 aliphatic carbocycles. The van der Waals surface area contributed by atoms with Crippen LogP contribution in [0.3, 0.4) is 0 Å². The van der Waals surface area contributed by atoms with Crippen molar-refractivity contribution in [3.05, 3.63) is 58.1 Å². The molecule has 0 spiro atoms. The predicted molar refractivity (Wildman–Crippen MR) is 89.3 cm³/mol. The minimum atomic E-state index is 0.960. The van der Waals surface area contributed by atoms with E-state index in [1.165, 1.54) is 21.7 Å². The molecule has 0 amide bonds. The highest BCUT2D eigenvalue weighted by Gasteiger charge is 2.04. The molecule has 0 atom stereocenters. The number of anilines is 1. The van der Waals surface area contributed by atoms with Crippen LogP contribution in [0.2, 0.25) is 0 Å². The number of nitrogens with one attached hydrogen (secondary N) is 1. The molecule has 0 fully saturated rings. The number of aryl methyl sites for hydroxylation is 2. The molecule has 0 unspecified atom stereocenters. The van der Waals surface area contributed by atoms with Gasteiger partial charge in [0.25, 0.3) is 0 Å². The van der Waals surface area contributed by atoms with Crippen LogP contribution >= 0.6 is 27.7 Å². The molecule has 1 nitrogen and oxygen atoms in total. The first-order chi connectivity index (χ1) is 9.16. The fourth-order valence-corrected chi connectivity index (χ4v) is 3.60. The second-order valence-corrected chi connectivity index (χ2v) is 6.55. The average molecular weight is 336 g/mol. The molecule has 0 radical (unpaired) electrons. The molecule has 2 aromatic rings. The molecule has 100 valence electrons. The van der Waals surface area contributed by atoms with Crippen LogP contribution in [0.5, 0.6) is 0 Å². The second kappa shape index (κ2) is 7.01. The van der Waals surface area contributed by atoms with Crippen LogP contribution < -0.4 is 5.32 Å². The molecule has 0 saturated heterocycles. The van der Waals surface area contributed by atoms with Gasteiger partial charge in [-0.25, -0.2) is 0 Å². The highest BCUT2D eigenvalue weighted by atomic mass is 79.9. The average Bonchev–Trinajstić information content (AvgIpc) is 2.38. The number of halogens is 1. The van der Waals surface area contributed by atoms with E-state index in [0.717, 1.165) is 16.8 Å². The molecule has 0 aromatic heterocycles. The quantitative estimate of drug-likeness (QED) is 0.590. The summed E-state index contributed by atoms with van der Waals surface area (Å²) in [6.45, 7) is 5.22. The van der Waals surface area contributed by atoms with Crippen molar-refractivity contribution < 1.29 is 0 Å². The minimum Gasteiger partial charge on any atom is -0.383 e. The highest BCUT2D eigenvalue weighted by Crippen LogP contribution is 2.28. The van der Waals surface area contributed by atoms with Crippen LogP contribution in [0, 0.1) is 13.8 Å². The molecule has 3 heteroatoms. The van der Waals surface area contributed by atoms with Gasteiger partial charge in [-0.05, 0) is 59.1 Å². The van der Waals surface area contributed by atoms with Crippen LogP contribution in [-0.2, 0) is 0 Å². The van der Waals surface area contributed by atoms with Gasteiger partial charge in [0, 0.05) is 21.7 Å². The smallest absolute Gasteiger partial charge is 0.0514 e. The maximum Gasteiger partial charge on any atom is 0.0514 e. The Morgan fingerprint density at radius 1 is 1.11 bits per heavy atom. The SMILES string of the molecule is Cc1cc(C)c(NCCSc2ccccc2)c(Br)c1. The van der Waals surface area contributed by atoms with Crippen LogP contribution in [0.4, 0.5) is 5.69 Å². The summed E-state index contributed by atoms with van der Waals surface area (Å²) < 4.78 is 1.15. The number of hydrogen-bond donors (Lipinski definition) is 1. The van der Waals surface area contributed by atoms with Gasteiger partial charge in [0.2, 0.25) is 0 Å². The first kappa shape index (κ1) is 14.5. The molecule has 2 rings (SSSR count). The third-order valence-corrected chi connectivity index (χ3v) is 4.49. The number of benzene rings is 2. The Bertz CT molecular complexity index is 517. The topological polar surface area (TPSA) is 12.0 Å². The molecule has 2 aromatic carbocycles. The summed E-state index contributed by atoms with van der Waals surface area (Å²) in [5, 5.41) is 3.51.